The molecule has 10 heteroatoms. The summed E-state index contributed by atoms with van der Waals surface area (Å²) >= 11 is 0. The fourth-order valence-electron chi connectivity index (χ4n) is 4.82. The van der Waals surface area contributed by atoms with Crippen LogP contribution in [-0.4, -0.2) is 60.9 Å². The van der Waals surface area contributed by atoms with Crippen LogP contribution in [0.5, 0.6) is 5.75 Å². The average Bonchev–Trinajstić information content (AvgIpc) is 2.96. The van der Waals surface area contributed by atoms with Crippen LogP contribution in [0.1, 0.15) is 68.8 Å². The zero-order valence-corrected chi connectivity index (χ0v) is 25.6. The first kappa shape index (κ1) is 33.3. The molecule has 1 N–H and O–H groups in total. The van der Waals surface area contributed by atoms with E-state index in [4.69, 9.17) is 9.47 Å². The SMILES string of the molecule is CCOC(=O)/C=C/CC[C@H](NC(=O)c1ccc2c(c1)OCCN2C)C(=O)Cc1cccn(CC(=O)CCCC(C)C)c1=O. The molecule has 0 aliphatic carbocycles. The zero-order chi connectivity index (χ0) is 31.4. The Hall–Kier alpha value is -4.21. The second-order valence-corrected chi connectivity index (χ2v) is 11.1. The predicted molar refractivity (Wildman–Crippen MR) is 165 cm³/mol. The molecule has 232 valence electrons. The summed E-state index contributed by atoms with van der Waals surface area (Å²) in [6, 6.07) is 7.41. The van der Waals surface area contributed by atoms with Crippen molar-refractivity contribution in [2.24, 2.45) is 5.92 Å². The summed E-state index contributed by atoms with van der Waals surface area (Å²) in [6.45, 7) is 7.35. The Morgan fingerprint density at radius 2 is 1.93 bits per heavy atom. The topological polar surface area (TPSA) is 124 Å². The number of ether oxygens (including phenoxy) is 2. The minimum atomic E-state index is -0.926. The molecular formula is C33H43N3O7. The number of nitrogens with zero attached hydrogens (tertiary/aromatic N) is 2. The first-order chi connectivity index (χ1) is 20.6. The highest BCUT2D eigenvalue weighted by molar-refractivity contribution is 5.99. The van der Waals surface area contributed by atoms with E-state index >= 15 is 0 Å². The van der Waals surface area contributed by atoms with E-state index in [1.807, 2.05) is 11.9 Å². The zero-order valence-electron chi connectivity index (χ0n) is 25.6. The molecule has 3 rings (SSSR count). The number of hydrogen-bond donors (Lipinski definition) is 1. The number of ketones is 2. The Morgan fingerprint density at radius 1 is 1.14 bits per heavy atom. The standard InChI is InChI=1S/C33H43N3O7/c1-5-42-31(39)14-7-6-13-27(34-32(40)24-15-16-28-30(21-24)43-19-18-35(28)4)29(38)20-25-11-9-17-36(33(25)41)22-26(37)12-8-10-23(2)3/h7,9,11,14-17,21,23,27H,5-6,8,10,12-13,18-20,22H2,1-4H3,(H,34,40)/b14-7+/t27-/m0/s1. The molecule has 43 heavy (non-hydrogen) atoms. The Bertz CT molecular complexity index is 1380. The number of Topliss-reactive ketones (excluding diaryl/α,β-unsaturated/α-hetero) is 2. The summed E-state index contributed by atoms with van der Waals surface area (Å²) in [5.74, 6) is -0.247. The highest BCUT2D eigenvalue weighted by atomic mass is 16.5. The number of anilines is 1. The van der Waals surface area contributed by atoms with Crippen molar-refractivity contribution in [2.75, 3.05) is 31.7 Å². The number of hydrogen-bond acceptors (Lipinski definition) is 8. The third-order valence-corrected chi connectivity index (χ3v) is 7.22. The first-order valence-electron chi connectivity index (χ1n) is 14.9. The summed E-state index contributed by atoms with van der Waals surface area (Å²) < 4.78 is 11.9. The van der Waals surface area contributed by atoms with E-state index in [9.17, 15) is 24.0 Å². The number of allylic oxidation sites excluding steroid dienone is 1. The van der Waals surface area contributed by atoms with Crippen molar-refractivity contribution in [3.05, 3.63) is 70.2 Å². The number of nitrogens with one attached hydrogen (secondary N) is 1. The second kappa shape index (κ2) is 16.4. The van der Waals surface area contributed by atoms with Gasteiger partial charge in [-0.15, -0.1) is 0 Å². The van der Waals surface area contributed by atoms with Gasteiger partial charge in [0.05, 0.1) is 31.4 Å². The van der Waals surface area contributed by atoms with Gasteiger partial charge in [-0.1, -0.05) is 32.4 Å². The van der Waals surface area contributed by atoms with E-state index in [-0.39, 0.29) is 43.1 Å². The van der Waals surface area contributed by atoms with Gasteiger partial charge >= 0.3 is 5.97 Å². The molecule has 0 bridgehead atoms. The van der Waals surface area contributed by atoms with Gasteiger partial charge in [-0.05, 0) is 56.4 Å². The lowest BCUT2D eigenvalue weighted by Crippen LogP contribution is -2.42. The van der Waals surface area contributed by atoms with Gasteiger partial charge in [0.2, 0.25) is 0 Å². The van der Waals surface area contributed by atoms with Crippen molar-refractivity contribution in [1.29, 1.82) is 0 Å². The molecule has 0 spiro atoms. The molecule has 10 nitrogen and oxygen atoms in total. The number of fused-ring (bicyclic) bond motifs is 1. The van der Waals surface area contributed by atoms with Gasteiger partial charge in [-0.3, -0.25) is 19.2 Å². The lowest BCUT2D eigenvalue weighted by Gasteiger charge is -2.28. The van der Waals surface area contributed by atoms with Crippen LogP contribution in [0.3, 0.4) is 0 Å². The number of rotatable bonds is 16. The molecule has 0 unspecified atom stereocenters. The van der Waals surface area contributed by atoms with Crippen LogP contribution in [-0.2, 0) is 32.1 Å². The van der Waals surface area contributed by atoms with Crippen LogP contribution in [0.4, 0.5) is 5.69 Å². The molecular weight excluding hydrogens is 550 g/mol. The van der Waals surface area contributed by atoms with E-state index in [1.165, 1.54) is 10.6 Å². The lowest BCUT2D eigenvalue weighted by atomic mass is 9.99. The number of carbonyl (C=O) groups excluding carboxylic acids is 4. The fraction of sp³-hybridized carbons (Fsp3) is 0.485. The summed E-state index contributed by atoms with van der Waals surface area (Å²) in [4.78, 5) is 66.1. The van der Waals surface area contributed by atoms with Gasteiger partial charge < -0.3 is 24.3 Å². The van der Waals surface area contributed by atoms with E-state index in [2.05, 4.69) is 19.2 Å². The largest absolute Gasteiger partial charge is 0.490 e. The van der Waals surface area contributed by atoms with Gasteiger partial charge in [0, 0.05) is 43.3 Å². The van der Waals surface area contributed by atoms with Crippen molar-refractivity contribution in [2.45, 2.75) is 71.9 Å². The molecule has 1 amide bonds. The van der Waals surface area contributed by atoms with Crippen LogP contribution in [0.2, 0.25) is 0 Å². The summed E-state index contributed by atoms with van der Waals surface area (Å²) in [7, 11) is 1.94. The lowest BCUT2D eigenvalue weighted by molar-refractivity contribution is -0.137. The molecule has 1 aromatic carbocycles. The third-order valence-electron chi connectivity index (χ3n) is 7.22. The fourth-order valence-corrected chi connectivity index (χ4v) is 4.82. The molecule has 1 aliphatic heterocycles. The highest BCUT2D eigenvalue weighted by Crippen LogP contribution is 2.31. The van der Waals surface area contributed by atoms with Crippen molar-refractivity contribution >= 4 is 29.1 Å². The maximum atomic E-state index is 13.5. The normalized spacial score (nSPS) is 13.4. The maximum Gasteiger partial charge on any atom is 0.330 e. The van der Waals surface area contributed by atoms with Crippen LogP contribution < -0.4 is 20.5 Å². The molecule has 0 saturated carbocycles. The van der Waals surface area contributed by atoms with Gasteiger partial charge in [0.1, 0.15) is 12.4 Å². The average molecular weight is 594 g/mol. The summed E-state index contributed by atoms with van der Waals surface area (Å²) in [6.07, 6.45) is 6.83. The predicted octanol–water partition coefficient (Wildman–Crippen LogP) is 3.88. The van der Waals surface area contributed by atoms with Gasteiger partial charge in [-0.2, -0.15) is 0 Å². The van der Waals surface area contributed by atoms with Crippen molar-refractivity contribution in [1.82, 2.24) is 9.88 Å². The summed E-state index contributed by atoms with van der Waals surface area (Å²) in [5, 5.41) is 2.81. The molecule has 2 heterocycles. The van der Waals surface area contributed by atoms with Crippen LogP contribution in [0, 0.1) is 5.92 Å². The molecule has 1 aliphatic rings. The minimum absolute atomic E-state index is 0.0371. The van der Waals surface area contributed by atoms with Crippen molar-refractivity contribution in [3.8, 4) is 5.75 Å². The van der Waals surface area contributed by atoms with Gasteiger partial charge in [0.25, 0.3) is 11.5 Å². The van der Waals surface area contributed by atoms with Gasteiger partial charge in [0.15, 0.2) is 11.6 Å². The maximum absolute atomic E-state index is 13.5. The Balaban J connectivity index is 1.74. The van der Waals surface area contributed by atoms with Crippen molar-refractivity contribution in [3.63, 3.8) is 0 Å². The molecule has 1 aromatic heterocycles. The summed E-state index contributed by atoms with van der Waals surface area (Å²) in [5.41, 5.74) is 1.05. The number of amides is 1. The minimum Gasteiger partial charge on any atom is -0.490 e. The first-order valence-corrected chi connectivity index (χ1v) is 14.9. The molecule has 0 fully saturated rings. The van der Waals surface area contributed by atoms with E-state index in [0.717, 1.165) is 25.1 Å². The van der Waals surface area contributed by atoms with Crippen molar-refractivity contribution < 1.29 is 28.7 Å². The van der Waals surface area contributed by atoms with E-state index in [1.54, 1.807) is 49.5 Å². The Morgan fingerprint density at radius 3 is 2.67 bits per heavy atom. The number of aromatic nitrogens is 1. The number of pyridine rings is 1. The Kier molecular flexibility index (Phi) is 12.7. The number of benzene rings is 1. The second-order valence-electron chi connectivity index (χ2n) is 11.1. The highest BCUT2D eigenvalue weighted by Gasteiger charge is 2.24. The van der Waals surface area contributed by atoms with Gasteiger partial charge in [-0.25, -0.2) is 4.79 Å². The van der Waals surface area contributed by atoms with Crippen LogP contribution in [0.25, 0.3) is 0 Å². The van der Waals surface area contributed by atoms with Crippen LogP contribution in [0.15, 0.2) is 53.5 Å². The number of esters is 1. The molecule has 0 saturated heterocycles. The molecule has 2 aromatic rings. The molecule has 0 radical (unpaired) electrons. The number of likely N-dealkylation sites (N-methyl/N-ethyl adjacent to an activating group) is 1. The smallest absolute Gasteiger partial charge is 0.330 e. The molecule has 1 atom stereocenters. The van der Waals surface area contributed by atoms with Crippen LogP contribution >= 0.6 is 0 Å². The quantitative estimate of drug-likeness (QED) is 0.230. The monoisotopic (exact) mass is 593 g/mol. The Labute approximate surface area is 253 Å². The number of carbonyl (C=O) groups is 4. The third kappa shape index (κ3) is 10.2. The van der Waals surface area contributed by atoms with E-state index < -0.39 is 23.5 Å². The van der Waals surface area contributed by atoms with E-state index in [0.29, 0.717) is 36.7 Å².